The summed E-state index contributed by atoms with van der Waals surface area (Å²) in [4.78, 5) is 25.3. The van der Waals surface area contributed by atoms with E-state index in [-0.39, 0.29) is 23.3 Å². The molecule has 1 heterocycles. The van der Waals surface area contributed by atoms with Crippen LogP contribution in [0.3, 0.4) is 0 Å². The maximum Gasteiger partial charge on any atom is 0.307 e. The molecule has 0 aromatic rings. The Morgan fingerprint density at radius 2 is 1.88 bits per heavy atom. The average molecular weight is 239 g/mol. The molecule has 0 unspecified atom stereocenters. The van der Waals surface area contributed by atoms with Gasteiger partial charge >= 0.3 is 5.97 Å². The minimum atomic E-state index is -0.835. The average Bonchev–Trinajstić information content (AvgIpc) is 2.81. The summed E-state index contributed by atoms with van der Waals surface area (Å²) in [6, 6.07) is 0.266. The van der Waals surface area contributed by atoms with Crippen molar-refractivity contribution in [3.63, 3.8) is 0 Å². The minimum Gasteiger partial charge on any atom is -0.481 e. The first-order chi connectivity index (χ1) is 7.87. The zero-order valence-corrected chi connectivity index (χ0v) is 10.8. The topological polar surface area (TPSA) is 57.6 Å². The van der Waals surface area contributed by atoms with Gasteiger partial charge in [0.25, 0.3) is 0 Å². The van der Waals surface area contributed by atoms with Crippen LogP contribution in [0.5, 0.6) is 0 Å². The van der Waals surface area contributed by atoms with Crippen LogP contribution in [0.25, 0.3) is 0 Å². The molecule has 1 N–H and O–H groups in total. The molecular weight excluding hydrogens is 218 g/mol. The van der Waals surface area contributed by atoms with Gasteiger partial charge in [0.1, 0.15) is 0 Å². The Kier molecular flexibility index (Phi) is 2.92. The largest absolute Gasteiger partial charge is 0.481 e. The lowest BCUT2D eigenvalue weighted by Gasteiger charge is -2.34. The predicted octanol–water partition coefficient (Wildman–Crippen LogP) is 1.74. The number of hydrogen-bond donors (Lipinski definition) is 1. The van der Waals surface area contributed by atoms with E-state index in [0.29, 0.717) is 0 Å². The standard InChI is InChI=1S/C13H21NO3/c1-8-6-4-5-7-14(8)11(15)9-10(12(16)17)13(9,2)3/h8-10H,4-7H2,1-3H3,(H,16,17)/t8-,9+,10+/m1/s1. The van der Waals surface area contributed by atoms with Gasteiger partial charge < -0.3 is 10.0 Å². The highest BCUT2D eigenvalue weighted by Gasteiger charge is 2.66. The van der Waals surface area contributed by atoms with E-state index in [2.05, 4.69) is 6.92 Å². The molecule has 1 amide bonds. The van der Waals surface area contributed by atoms with E-state index in [9.17, 15) is 9.59 Å². The highest BCUT2D eigenvalue weighted by atomic mass is 16.4. The second kappa shape index (κ2) is 4.00. The van der Waals surface area contributed by atoms with Crippen LogP contribution in [0.4, 0.5) is 0 Å². The molecule has 4 nitrogen and oxygen atoms in total. The van der Waals surface area contributed by atoms with Crippen molar-refractivity contribution in [2.45, 2.75) is 46.1 Å². The van der Waals surface area contributed by atoms with Crippen molar-refractivity contribution in [2.24, 2.45) is 17.3 Å². The van der Waals surface area contributed by atoms with Crippen molar-refractivity contribution >= 4 is 11.9 Å². The highest BCUT2D eigenvalue weighted by molar-refractivity contribution is 5.91. The number of piperidine rings is 1. The van der Waals surface area contributed by atoms with Gasteiger partial charge in [0.15, 0.2) is 0 Å². The van der Waals surface area contributed by atoms with E-state index in [1.54, 1.807) is 0 Å². The van der Waals surface area contributed by atoms with Crippen molar-refractivity contribution < 1.29 is 14.7 Å². The summed E-state index contributed by atoms with van der Waals surface area (Å²) in [6.07, 6.45) is 3.25. The summed E-state index contributed by atoms with van der Waals surface area (Å²) in [5, 5.41) is 9.10. The van der Waals surface area contributed by atoms with Gasteiger partial charge in [0.05, 0.1) is 11.8 Å². The van der Waals surface area contributed by atoms with Gasteiger partial charge in [-0.3, -0.25) is 9.59 Å². The molecule has 0 aromatic heterocycles. The maximum atomic E-state index is 12.4. The van der Waals surface area contributed by atoms with Gasteiger partial charge in [-0.15, -0.1) is 0 Å². The van der Waals surface area contributed by atoms with Crippen molar-refractivity contribution in [3.8, 4) is 0 Å². The summed E-state index contributed by atoms with van der Waals surface area (Å²) >= 11 is 0. The quantitative estimate of drug-likeness (QED) is 0.798. The summed E-state index contributed by atoms with van der Waals surface area (Å²) in [5.41, 5.74) is -0.375. The lowest BCUT2D eigenvalue weighted by molar-refractivity contribution is -0.143. The zero-order chi connectivity index (χ0) is 12.8. The monoisotopic (exact) mass is 239 g/mol. The number of nitrogens with zero attached hydrogens (tertiary/aromatic N) is 1. The third-order valence-corrected chi connectivity index (χ3v) is 4.45. The Hall–Kier alpha value is -1.06. The lowest BCUT2D eigenvalue weighted by atomic mass is 10.0. The first-order valence-electron chi connectivity index (χ1n) is 6.40. The van der Waals surface area contributed by atoms with Crippen LogP contribution in [0, 0.1) is 17.3 Å². The Balaban J connectivity index is 2.08. The van der Waals surface area contributed by atoms with Crippen LogP contribution in [0.2, 0.25) is 0 Å². The zero-order valence-electron chi connectivity index (χ0n) is 10.8. The second-order valence-corrected chi connectivity index (χ2v) is 5.99. The molecule has 1 saturated heterocycles. The molecule has 1 saturated carbocycles. The smallest absolute Gasteiger partial charge is 0.307 e. The number of hydrogen-bond acceptors (Lipinski definition) is 2. The number of aliphatic carboxylic acids is 1. The molecule has 4 heteroatoms. The molecule has 0 aromatic carbocycles. The molecule has 96 valence electrons. The molecule has 3 atom stereocenters. The van der Waals surface area contributed by atoms with Gasteiger partial charge in [-0.1, -0.05) is 13.8 Å². The highest BCUT2D eigenvalue weighted by Crippen LogP contribution is 2.59. The van der Waals surface area contributed by atoms with Crippen LogP contribution in [0.1, 0.15) is 40.0 Å². The number of amides is 1. The van der Waals surface area contributed by atoms with Gasteiger partial charge in [0, 0.05) is 12.6 Å². The molecule has 1 aliphatic carbocycles. The number of carbonyl (C=O) groups is 2. The molecule has 1 aliphatic heterocycles. The normalized spacial score (nSPS) is 35.5. The van der Waals surface area contributed by atoms with Crippen molar-refractivity contribution in [1.82, 2.24) is 4.90 Å². The molecule has 2 fully saturated rings. The molecular formula is C13H21NO3. The minimum absolute atomic E-state index is 0.0506. The predicted molar refractivity (Wildman–Crippen MR) is 63.4 cm³/mol. The van der Waals surface area contributed by atoms with E-state index in [1.807, 2.05) is 18.7 Å². The molecule has 2 rings (SSSR count). The van der Waals surface area contributed by atoms with E-state index in [4.69, 9.17) is 5.11 Å². The van der Waals surface area contributed by atoms with Crippen LogP contribution in [-0.4, -0.2) is 34.5 Å². The summed E-state index contributed by atoms with van der Waals surface area (Å²) < 4.78 is 0. The number of rotatable bonds is 2. The molecule has 0 spiro atoms. The van der Waals surface area contributed by atoms with Gasteiger partial charge in [-0.05, 0) is 31.6 Å². The fourth-order valence-corrected chi connectivity index (χ4v) is 3.16. The van der Waals surface area contributed by atoms with Crippen LogP contribution in [-0.2, 0) is 9.59 Å². The molecule has 0 radical (unpaired) electrons. The van der Waals surface area contributed by atoms with Crippen LogP contribution in [0.15, 0.2) is 0 Å². The van der Waals surface area contributed by atoms with Gasteiger partial charge in [-0.25, -0.2) is 0 Å². The maximum absolute atomic E-state index is 12.4. The first-order valence-corrected chi connectivity index (χ1v) is 6.40. The van der Waals surface area contributed by atoms with Crippen molar-refractivity contribution in [3.05, 3.63) is 0 Å². The van der Waals surface area contributed by atoms with Gasteiger partial charge in [0.2, 0.25) is 5.91 Å². The Labute approximate surface area is 102 Å². The summed E-state index contributed by atoms with van der Waals surface area (Å²) in [7, 11) is 0. The Morgan fingerprint density at radius 1 is 1.24 bits per heavy atom. The Bertz CT molecular complexity index is 351. The Morgan fingerprint density at radius 3 is 2.35 bits per heavy atom. The second-order valence-electron chi connectivity index (χ2n) is 5.99. The molecule has 0 bridgehead atoms. The molecule has 2 aliphatic rings. The van der Waals surface area contributed by atoms with E-state index < -0.39 is 11.9 Å². The van der Waals surface area contributed by atoms with Crippen LogP contribution >= 0.6 is 0 Å². The van der Waals surface area contributed by atoms with Crippen molar-refractivity contribution in [2.75, 3.05) is 6.54 Å². The van der Waals surface area contributed by atoms with Crippen LogP contribution < -0.4 is 0 Å². The first kappa shape index (κ1) is 12.4. The van der Waals surface area contributed by atoms with E-state index in [0.717, 1.165) is 19.4 Å². The third-order valence-electron chi connectivity index (χ3n) is 4.45. The number of carbonyl (C=O) groups excluding carboxylic acids is 1. The molecule has 17 heavy (non-hydrogen) atoms. The number of carboxylic acids is 1. The van der Waals surface area contributed by atoms with E-state index >= 15 is 0 Å². The number of likely N-dealkylation sites (tertiary alicyclic amines) is 1. The third kappa shape index (κ3) is 1.94. The summed E-state index contributed by atoms with van der Waals surface area (Å²) in [5.74, 6) is -1.60. The lowest BCUT2D eigenvalue weighted by Crippen LogP contribution is -2.43. The summed E-state index contributed by atoms with van der Waals surface area (Å²) in [6.45, 7) is 6.60. The van der Waals surface area contributed by atoms with Crippen molar-refractivity contribution in [1.29, 1.82) is 0 Å². The number of carboxylic acid groups (broad SMARTS) is 1. The van der Waals surface area contributed by atoms with E-state index in [1.165, 1.54) is 6.42 Å². The SMILES string of the molecule is C[C@@H]1CCCCN1C(=O)[C@@H]1[C@@H](C(=O)O)C1(C)C. The van der Waals surface area contributed by atoms with Gasteiger partial charge in [-0.2, -0.15) is 0 Å². The fourth-order valence-electron chi connectivity index (χ4n) is 3.16. The fraction of sp³-hybridized carbons (Fsp3) is 0.846.